The molecule has 1 N–H and O–H groups in total. The molecule has 2 aromatic rings. The van der Waals surface area contributed by atoms with Crippen LogP contribution in [-0.4, -0.2) is 6.66 Å². The molecule has 0 aliphatic rings. The first-order chi connectivity index (χ1) is 8.94. The van der Waals surface area contributed by atoms with Gasteiger partial charge in [0.25, 0.3) is 0 Å². The molecule has 1 unspecified atom stereocenters. The van der Waals surface area contributed by atoms with Crippen molar-refractivity contribution in [2.75, 3.05) is 11.8 Å². The third kappa shape index (κ3) is 4.30. The number of hydrogen-bond donors (Lipinski definition) is 1. The molecule has 2 rings (SSSR count). The van der Waals surface area contributed by atoms with Crippen molar-refractivity contribution in [2.24, 2.45) is 0 Å². The van der Waals surface area contributed by atoms with Gasteiger partial charge in [-0.05, 0) is 43.3 Å². The van der Waals surface area contributed by atoms with Crippen LogP contribution in [0.1, 0.15) is 5.56 Å². The van der Waals surface area contributed by atoms with Crippen LogP contribution in [0.2, 0.25) is 5.02 Å². The van der Waals surface area contributed by atoms with E-state index < -0.39 is 7.52 Å². The summed E-state index contributed by atoms with van der Waals surface area (Å²) in [6.45, 7) is 3.54. The Morgan fingerprint density at radius 2 is 1.63 bits per heavy atom. The molecule has 0 heterocycles. The van der Waals surface area contributed by atoms with E-state index in [9.17, 15) is 4.57 Å². The zero-order valence-corrected chi connectivity index (χ0v) is 12.4. The molecule has 0 aliphatic heterocycles. The van der Waals surface area contributed by atoms with Crippen molar-refractivity contribution in [3.05, 3.63) is 59.1 Å². The summed E-state index contributed by atoms with van der Waals surface area (Å²) < 4.78 is 17.8. The maximum atomic E-state index is 12.4. The SMILES string of the molecule is Cc1ccc(NP(C)(=O)Oc2ccc(Cl)cc2)cc1. The first kappa shape index (κ1) is 14.0. The maximum Gasteiger partial charge on any atom is 0.338 e. The van der Waals surface area contributed by atoms with E-state index in [1.54, 1.807) is 30.9 Å². The van der Waals surface area contributed by atoms with E-state index >= 15 is 0 Å². The summed E-state index contributed by atoms with van der Waals surface area (Å²) >= 11 is 5.79. The first-order valence-corrected chi connectivity index (χ1v) is 8.27. The number of nitrogens with one attached hydrogen (secondary N) is 1. The number of aryl methyl sites for hydroxylation is 1. The second kappa shape index (κ2) is 5.68. The van der Waals surface area contributed by atoms with Crippen LogP contribution in [0.25, 0.3) is 0 Å². The Morgan fingerprint density at radius 3 is 2.21 bits per heavy atom. The second-order valence-electron chi connectivity index (χ2n) is 4.37. The molecule has 2 aromatic carbocycles. The summed E-state index contributed by atoms with van der Waals surface area (Å²) in [6, 6.07) is 14.4. The molecule has 3 nitrogen and oxygen atoms in total. The van der Waals surface area contributed by atoms with Gasteiger partial charge in [0, 0.05) is 17.4 Å². The quantitative estimate of drug-likeness (QED) is 0.810. The van der Waals surface area contributed by atoms with Crippen LogP contribution in [0.15, 0.2) is 48.5 Å². The van der Waals surface area contributed by atoms with Gasteiger partial charge in [0.1, 0.15) is 5.75 Å². The lowest BCUT2D eigenvalue weighted by Gasteiger charge is -2.17. The van der Waals surface area contributed by atoms with Crippen LogP contribution in [-0.2, 0) is 4.57 Å². The molecule has 0 aromatic heterocycles. The Hall–Kier alpha value is -1.44. The molecule has 0 spiro atoms. The normalized spacial score (nSPS) is 13.6. The zero-order valence-electron chi connectivity index (χ0n) is 10.8. The molecule has 19 heavy (non-hydrogen) atoms. The third-order valence-corrected chi connectivity index (χ3v) is 3.95. The molecule has 5 heteroatoms. The molecule has 0 saturated carbocycles. The molecule has 0 bridgehead atoms. The monoisotopic (exact) mass is 295 g/mol. The minimum atomic E-state index is -2.96. The Bertz CT molecular complexity index is 544. The van der Waals surface area contributed by atoms with E-state index in [0.717, 1.165) is 11.3 Å². The van der Waals surface area contributed by atoms with Crippen LogP contribution < -0.4 is 9.61 Å². The molecular weight excluding hydrogens is 281 g/mol. The predicted molar refractivity (Wildman–Crippen MR) is 80.4 cm³/mol. The summed E-state index contributed by atoms with van der Waals surface area (Å²) in [7, 11) is -2.96. The Labute approximate surface area is 118 Å². The average molecular weight is 296 g/mol. The van der Waals surface area contributed by atoms with Crippen LogP contribution in [0.3, 0.4) is 0 Å². The summed E-state index contributed by atoms with van der Waals surface area (Å²) in [5.41, 5.74) is 1.92. The lowest BCUT2D eigenvalue weighted by atomic mass is 10.2. The smallest absolute Gasteiger partial charge is 0.338 e. The number of halogens is 1. The van der Waals surface area contributed by atoms with Crippen molar-refractivity contribution in [1.29, 1.82) is 0 Å². The van der Waals surface area contributed by atoms with Crippen molar-refractivity contribution in [3.63, 3.8) is 0 Å². The molecule has 100 valence electrons. The molecule has 0 fully saturated rings. The summed E-state index contributed by atoms with van der Waals surface area (Å²) in [5, 5.41) is 3.52. The summed E-state index contributed by atoms with van der Waals surface area (Å²) in [6.07, 6.45) is 0. The molecule has 0 amide bonds. The number of benzene rings is 2. The fraction of sp³-hybridized carbons (Fsp3) is 0.143. The highest BCUT2D eigenvalue weighted by molar-refractivity contribution is 7.60. The van der Waals surface area contributed by atoms with Crippen LogP contribution in [0.5, 0.6) is 5.75 Å². The number of anilines is 1. The topological polar surface area (TPSA) is 38.3 Å². The highest BCUT2D eigenvalue weighted by Gasteiger charge is 2.17. The van der Waals surface area contributed by atoms with E-state index in [-0.39, 0.29) is 0 Å². The van der Waals surface area contributed by atoms with Crippen LogP contribution >= 0.6 is 19.1 Å². The fourth-order valence-electron chi connectivity index (χ4n) is 1.58. The van der Waals surface area contributed by atoms with Gasteiger partial charge in [0.2, 0.25) is 0 Å². The minimum Gasteiger partial charge on any atom is -0.429 e. The van der Waals surface area contributed by atoms with Gasteiger partial charge in [-0.25, -0.2) is 0 Å². The predicted octanol–water partition coefficient (Wildman–Crippen LogP) is 4.96. The van der Waals surface area contributed by atoms with E-state index in [1.165, 1.54) is 0 Å². The van der Waals surface area contributed by atoms with Gasteiger partial charge in [0.05, 0.1) is 0 Å². The summed E-state index contributed by atoms with van der Waals surface area (Å²) in [5.74, 6) is 0.523. The summed E-state index contributed by atoms with van der Waals surface area (Å²) in [4.78, 5) is 0. The highest BCUT2D eigenvalue weighted by atomic mass is 35.5. The first-order valence-electron chi connectivity index (χ1n) is 5.82. The van der Waals surface area contributed by atoms with E-state index in [4.69, 9.17) is 16.1 Å². The van der Waals surface area contributed by atoms with Crippen molar-refractivity contribution in [1.82, 2.24) is 0 Å². The third-order valence-electron chi connectivity index (χ3n) is 2.48. The highest BCUT2D eigenvalue weighted by Crippen LogP contribution is 2.43. The average Bonchev–Trinajstić information content (AvgIpc) is 2.34. The fourth-order valence-corrected chi connectivity index (χ4v) is 2.90. The number of rotatable bonds is 4. The Balaban J connectivity index is 2.08. The van der Waals surface area contributed by atoms with Gasteiger partial charge in [-0.15, -0.1) is 0 Å². The van der Waals surface area contributed by atoms with Gasteiger partial charge >= 0.3 is 7.52 Å². The molecule has 0 radical (unpaired) electrons. The molecule has 0 aliphatic carbocycles. The molecular formula is C14H15ClNO2P. The van der Waals surface area contributed by atoms with E-state index in [1.807, 2.05) is 31.2 Å². The van der Waals surface area contributed by atoms with E-state index in [0.29, 0.717) is 10.8 Å². The molecule has 0 saturated heterocycles. The van der Waals surface area contributed by atoms with Crippen molar-refractivity contribution in [3.8, 4) is 5.75 Å². The van der Waals surface area contributed by atoms with Gasteiger partial charge in [-0.3, -0.25) is 4.57 Å². The second-order valence-corrected chi connectivity index (χ2v) is 6.90. The maximum absolute atomic E-state index is 12.4. The lowest BCUT2D eigenvalue weighted by molar-refractivity contribution is 0.493. The standard InChI is InChI=1S/C14H15ClNO2P/c1-11-3-7-13(8-4-11)16-19(2,17)18-14-9-5-12(15)6-10-14/h3-10H,1-2H3,(H,16,17). The minimum absolute atomic E-state index is 0.523. The van der Waals surface area contributed by atoms with Gasteiger partial charge in [0.15, 0.2) is 0 Å². The Kier molecular flexibility index (Phi) is 4.18. The van der Waals surface area contributed by atoms with Crippen LogP contribution in [0, 0.1) is 6.92 Å². The van der Waals surface area contributed by atoms with Gasteiger partial charge in [-0.2, -0.15) is 0 Å². The molecule has 1 atom stereocenters. The van der Waals surface area contributed by atoms with Crippen LogP contribution in [0.4, 0.5) is 5.69 Å². The van der Waals surface area contributed by atoms with E-state index in [2.05, 4.69) is 5.09 Å². The van der Waals surface area contributed by atoms with Crippen molar-refractivity contribution < 1.29 is 9.09 Å². The Morgan fingerprint density at radius 1 is 1.05 bits per heavy atom. The zero-order chi connectivity index (χ0) is 13.9. The largest absolute Gasteiger partial charge is 0.429 e. The van der Waals surface area contributed by atoms with Gasteiger partial charge in [-0.1, -0.05) is 29.3 Å². The van der Waals surface area contributed by atoms with Crippen molar-refractivity contribution in [2.45, 2.75) is 6.92 Å². The van der Waals surface area contributed by atoms with Gasteiger partial charge < -0.3 is 9.61 Å². The van der Waals surface area contributed by atoms with Crippen molar-refractivity contribution >= 4 is 24.8 Å². The number of hydrogen-bond acceptors (Lipinski definition) is 2. The lowest BCUT2D eigenvalue weighted by Crippen LogP contribution is -2.02.